The molecule has 5 nitrogen and oxygen atoms in total. The van der Waals surface area contributed by atoms with E-state index in [4.69, 9.17) is 16.3 Å². The molecule has 1 heterocycles. The highest BCUT2D eigenvalue weighted by Gasteiger charge is 2.21. The zero-order valence-electron chi connectivity index (χ0n) is 18.4. The molecule has 0 aliphatic heterocycles. The van der Waals surface area contributed by atoms with Gasteiger partial charge in [0.2, 0.25) is 5.91 Å². The fourth-order valence-corrected chi connectivity index (χ4v) is 3.85. The Kier molecular flexibility index (Phi) is 7.53. The molecule has 1 aromatic heterocycles. The molecule has 0 aliphatic rings. The van der Waals surface area contributed by atoms with Crippen molar-refractivity contribution in [1.82, 2.24) is 14.7 Å². The Morgan fingerprint density at radius 3 is 2.52 bits per heavy atom. The summed E-state index contributed by atoms with van der Waals surface area (Å²) in [5.41, 5.74) is 3.69. The smallest absolute Gasteiger partial charge is 0.247 e. The topological polar surface area (TPSA) is 47.4 Å². The molecule has 0 N–H and O–H groups in total. The molecule has 1 unspecified atom stereocenters. The van der Waals surface area contributed by atoms with Crippen LogP contribution in [-0.4, -0.2) is 33.7 Å². The number of ether oxygens (including phenoxy) is 1. The first-order chi connectivity index (χ1) is 14.9. The van der Waals surface area contributed by atoms with Gasteiger partial charge in [0.15, 0.2) is 0 Å². The molecule has 1 atom stereocenters. The predicted octanol–water partition coefficient (Wildman–Crippen LogP) is 5.06. The van der Waals surface area contributed by atoms with E-state index in [1.165, 1.54) is 0 Å². The van der Waals surface area contributed by atoms with Crippen LogP contribution in [0.2, 0.25) is 5.15 Å². The summed E-state index contributed by atoms with van der Waals surface area (Å²) in [7, 11) is 3.45. The molecule has 0 saturated carbocycles. The van der Waals surface area contributed by atoms with Crippen LogP contribution in [0.15, 0.2) is 60.7 Å². The average Bonchev–Trinajstić information content (AvgIpc) is 3.02. The second-order valence-corrected chi connectivity index (χ2v) is 7.92. The third-order valence-electron chi connectivity index (χ3n) is 5.31. The quantitative estimate of drug-likeness (QED) is 0.462. The third-order valence-corrected chi connectivity index (χ3v) is 5.76. The Hall–Kier alpha value is -3.05. The fraction of sp³-hybridized carbons (Fsp3) is 0.280. The molecule has 3 rings (SSSR count). The molecule has 0 radical (unpaired) electrons. The second kappa shape index (κ2) is 10.3. The van der Waals surface area contributed by atoms with E-state index in [1.54, 1.807) is 31.0 Å². The lowest BCUT2D eigenvalue weighted by Gasteiger charge is -2.29. The summed E-state index contributed by atoms with van der Waals surface area (Å²) in [5.74, 6) is 0.750. The van der Waals surface area contributed by atoms with E-state index in [-0.39, 0.29) is 11.9 Å². The van der Waals surface area contributed by atoms with Crippen LogP contribution in [-0.2, 0) is 24.8 Å². The summed E-state index contributed by atoms with van der Waals surface area (Å²) in [6.45, 7) is 4.45. The number of nitrogens with zero attached hydrogens (tertiary/aromatic N) is 3. The van der Waals surface area contributed by atoms with E-state index in [0.717, 1.165) is 28.1 Å². The zero-order valence-corrected chi connectivity index (χ0v) is 19.1. The molecule has 3 aromatic rings. The van der Waals surface area contributed by atoms with Crippen LogP contribution in [0.25, 0.3) is 6.08 Å². The number of aromatic nitrogens is 2. The van der Waals surface area contributed by atoms with Gasteiger partial charge in [-0.25, -0.2) is 0 Å². The molecular formula is C25H28ClN3O2. The van der Waals surface area contributed by atoms with Crippen molar-refractivity contribution in [3.05, 3.63) is 88.2 Å². The maximum atomic E-state index is 13.3. The zero-order chi connectivity index (χ0) is 22.4. The summed E-state index contributed by atoms with van der Waals surface area (Å²) in [6, 6.07) is 17.9. The number of aryl methyl sites for hydroxylation is 2. The fourth-order valence-electron chi connectivity index (χ4n) is 3.62. The van der Waals surface area contributed by atoms with E-state index in [2.05, 4.69) is 12.0 Å². The summed E-state index contributed by atoms with van der Waals surface area (Å²) in [6.07, 6.45) is 4.02. The number of carbonyl (C=O) groups excluding carboxylic acids is 1. The van der Waals surface area contributed by atoms with Crippen molar-refractivity contribution in [3.8, 4) is 5.75 Å². The summed E-state index contributed by atoms with van der Waals surface area (Å²) in [5, 5.41) is 4.82. The van der Waals surface area contributed by atoms with Crippen molar-refractivity contribution in [3.63, 3.8) is 0 Å². The highest BCUT2D eigenvalue weighted by molar-refractivity contribution is 6.31. The maximum Gasteiger partial charge on any atom is 0.247 e. The number of benzene rings is 2. The number of methoxy groups -OCH3 is 1. The molecule has 6 heteroatoms. The Morgan fingerprint density at radius 1 is 1.19 bits per heavy atom. The molecule has 0 bridgehead atoms. The minimum absolute atomic E-state index is 0.0425. The lowest BCUT2D eigenvalue weighted by molar-refractivity contribution is -0.128. The highest BCUT2D eigenvalue weighted by atomic mass is 35.5. The minimum Gasteiger partial charge on any atom is -0.496 e. The van der Waals surface area contributed by atoms with E-state index in [1.807, 2.05) is 66.4 Å². The SMILES string of the molecule is COc1ccccc1CC(C)N(Cc1ccccc1)C(=O)/C=C/c1c(C)nn(C)c1Cl. The lowest BCUT2D eigenvalue weighted by atomic mass is 10.0. The Labute approximate surface area is 188 Å². The first kappa shape index (κ1) is 22.6. The van der Waals surface area contributed by atoms with Crippen molar-refractivity contribution in [2.24, 2.45) is 7.05 Å². The third kappa shape index (κ3) is 5.56. The van der Waals surface area contributed by atoms with Crippen molar-refractivity contribution < 1.29 is 9.53 Å². The molecule has 0 saturated heterocycles. The molecule has 2 aromatic carbocycles. The van der Waals surface area contributed by atoms with Crippen molar-refractivity contribution in [1.29, 1.82) is 0 Å². The number of rotatable bonds is 8. The van der Waals surface area contributed by atoms with Crippen LogP contribution in [0.4, 0.5) is 0 Å². The monoisotopic (exact) mass is 437 g/mol. The molecule has 1 amide bonds. The van der Waals surface area contributed by atoms with Gasteiger partial charge < -0.3 is 9.64 Å². The number of carbonyl (C=O) groups is 1. The summed E-state index contributed by atoms with van der Waals surface area (Å²) < 4.78 is 7.10. The van der Waals surface area contributed by atoms with Gasteiger partial charge in [0, 0.05) is 31.3 Å². The van der Waals surface area contributed by atoms with Gasteiger partial charge in [-0.3, -0.25) is 9.48 Å². The molecule has 162 valence electrons. The van der Waals surface area contributed by atoms with E-state index < -0.39 is 0 Å². The van der Waals surface area contributed by atoms with Crippen LogP contribution in [0.3, 0.4) is 0 Å². The number of amides is 1. The van der Waals surface area contributed by atoms with Gasteiger partial charge in [0.25, 0.3) is 0 Å². The standard InChI is InChI=1S/C25H28ClN3O2/c1-18(16-21-12-8-9-13-23(21)31-4)29(17-20-10-6-5-7-11-20)24(30)15-14-22-19(2)27-28(3)25(22)26/h5-15,18H,16-17H2,1-4H3/b15-14+. The van der Waals surface area contributed by atoms with Crippen LogP contribution >= 0.6 is 11.6 Å². The Bertz CT molecular complexity index is 1060. The van der Waals surface area contributed by atoms with Gasteiger partial charge in [-0.15, -0.1) is 0 Å². The first-order valence-electron chi connectivity index (χ1n) is 10.2. The van der Waals surface area contributed by atoms with Crippen LogP contribution in [0, 0.1) is 6.92 Å². The van der Waals surface area contributed by atoms with Gasteiger partial charge in [-0.05, 0) is 43.5 Å². The average molecular weight is 438 g/mol. The molecular weight excluding hydrogens is 410 g/mol. The molecule has 0 fully saturated rings. The first-order valence-corrected chi connectivity index (χ1v) is 10.6. The number of halogens is 1. The van der Waals surface area contributed by atoms with E-state index in [0.29, 0.717) is 18.1 Å². The highest BCUT2D eigenvalue weighted by Crippen LogP contribution is 2.23. The molecule has 0 spiro atoms. The summed E-state index contributed by atoms with van der Waals surface area (Å²) in [4.78, 5) is 15.1. The summed E-state index contributed by atoms with van der Waals surface area (Å²) >= 11 is 6.32. The second-order valence-electron chi connectivity index (χ2n) is 7.56. The van der Waals surface area contributed by atoms with Gasteiger partial charge in [-0.2, -0.15) is 5.10 Å². The Balaban J connectivity index is 1.86. The van der Waals surface area contributed by atoms with E-state index >= 15 is 0 Å². The van der Waals surface area contributed by atoms with Crippen LogP contribution < -0.4 is 4.74 Å². The van der Waals surface area contributed by atoms with Crippen molar-refractivity contribution >= 4 is 23.6 Å². The van der Waals surface area contributed by atoms with Crippen molar-refractivity contribution in [2.75, 3.05) is 7.11 Å². The van der Waals surface area contributed by atoms with Gasteiger partial charge >= 0.3 is 0 Å². The van der Waals surface area contributed by atoms with E-state index in [9.17, 15) is 4.79 Å². The number of hydrogen-bond acceptors (Lipinski definition) is 3. The van der Waals surface area contributed by atoms with Crippen LogP contribution in [0.1, 0.15) is 29.3 Å². The van der Waals surface area contributed by atoms with Gasteiger partial charge in [0.1, 0.15) is 10.9 Å². The largest absolute Gasteiger partial charge is 0.496 e. The van der Waals surface area contributed by atoms with Gasteiger partial charge in [-0.1, -0.05) is 60.1 Å². The maximum absolute atomic E-state index is 13.3. The minimum atomic E-state index is -0.0782. The normalized spacial score (nSPS) is 12.2. The Morgan fingerprint density at radius 2 is 1.87 bits per heavy atom. The predicted molar refractivity (Wildman–Crippen MR) is 125 cm³/mol. The molecule has 0 aliphatic carbocycles. The van der Waals surface area contributed by atoms with Crippen molar-refractivity contribution in [2.45, 2.75) is 32.9 Å². The number of hydrogen-bond donors (Lipinski definition) is 0. The number of para-hydroxylation sites is 1. The van der Waals surface area contributed by atoms with Crippen LogP contribution in [0.5, 0.6) is 5.75 Å². The molecule has 31 heavy (non-hydrogen) atoms. The van der Waals surface area contributed by atoms with Gasteiger partial charge in [0.05, 0.1) is 12.8 Å². The lowest BCUT2D eigenvalue weighted by Crippen LogP contribution is -2.38.